The van der Waals surface area contributed by atoms with E-state index in [9.17, 15) is 9.59 Å². The Balaban J connectivity index is 2.92. The first-order chi connectivity index (χ1) is 6.31. The third-order valence-electron chi connectivity index (χ3n) is 1.66. The van der Waals surface area contributed by atoms with Gasteiger partial charge in [-0.25, -0.2) is 4.79 Å². The number of carbonyl (C=O) groups excluding carboxylic acids is 1. The van der Waals surface area contributed by atoms with Gasteiger partial charge in [-0.1, -0.05) is 0 Å². The molecule has 0 aliphatic carbocycles. The third kappa shape index (κ3) is 1.22. The predicted octanol–water partition coefficient (Wildman–Crippen LogP) is 1.00. The van der Waals surface area contributed by atoms with Crippen LogP contribution >= 0.6 is 0 Å². The molecule has 2 rings (SSSR count). The quantitative estimate of drug-likeness (QED) is 0.606. The molecule has 0 saturated carbocycles. The average Bonchev–Trinajstić information content (AvgIpc) is 2.18. The predicted molar refractivity (Wildman–Crippen MR) is 45.7 cm³/mol. The summed E-state index contributed by atoms with van der Waals surface area (Å²) in [4.78, 5) is 25.5. The highest BCUT2D eigenvalue weighted by molar-refractivity contribution is 5.82. The number of carbonyl (C=O) groups is 1. The van der Waals surface area contributed by atoms with Gasteiger partial charge in [-0.15, -0.1) is 0 Å². The van der Waals surface area contributed by atoms with Gasteiger partial charge in [0, 0.05) is 12.3 Å². The molecule has 4 nitrogen and oxygen atoms in total. The molecule has 13 heavy (non-hydrogen) atoms. The normalized spacial score (nSPS) is 10.2. The summed E-state index contributed by atoms with van der Waals surface area (Å²) in [5.41, 5.74) is -0.0615. The van der Waals surface area contributed by atoms with Crippen molar-refractivity contribution in [3.8, 4) is 0 Å². The van der Waals surface area contributed by atoms with Crippen molar-refractivity contribution in [2.75, 3.05) is 0 Å². The molecule has 0 N–H and O–H groups in total. The third-order valence-corrected chi connectivity index (χ3v) is 1.66. The van der Waals surface area contributed by atoms with Crippen LogP contribution in [0.3, 0.4) is 0 Å². The van der Waals surface area contributed by atoms with E-state index in [1.807, 2.05) is 0 Å². The summed E-state index contributed by atoms with van der Waals surface area (Å²) in [6.45, 7) is 0. The number of aldehydes is 1. The molecule has 0 unspecified atom stereocenters. The van der Waals surface area contributed by atoms with E-state index in [-0.39, 0.29) is 5.76 Å². The highest BCUT2D eigenvalue weighted by Gasteiger charge is 2.02. The fourth-order valence-corrected chi connectivity index (χ4v) is 1.09. The summed E-state index contributed by atoms with van der Waals surface area (Å²) >= 11 is 0. The summed E-state index contributed by atoms with van der Waals surface area (Å²) < 4.78 is 4.68. The number of rotatable bonds is 1. The van der Waals surface area contributed by atoms with E-state index in [0.29, 0.717) is 17.2 Å². The Hall–Kier alpha value is -1.97. The number of aromatic nitrogens is 1. The molecule has 0 spiro atoms. The standard InChI is InChI=1S/C9H5NO3/c11-5-6-4-8-7(9(12)13-6)2-1-3-10-8/h1-5H. The summed E-state index contributed by atoms with van der Waals surface area (Å²) in [5.74, 6) is -0.00352. The highest BCUT2D eigenvalue weighted by Crippen LogP contribution is 2.06. The maximum absolute atomic E-state index is 11.2. The van der Waals surface area contributed by atoms with Crippen molar-refractivity contribution in [1.29, 1.82) is 0 Å². The molecule has 0 fully saturated rings. The van der Waals surface area contributed by atoms with Crippen molar-refractivity contribution in [1.82, 2.24) is 4.98 Å². The van der Waals surface area contributed by atoms with Gasteiger partial charge in [0.2, 0.25) is 0 Å². The minimum absolute atomic E-state index is 0.00352. The first-order valence-corrected chi connectivity index (χ1v) is 3.65. The molecule has 2 heterocycles. The molecule has 64 valence electrons. The second kappa shape index (κ2) is 2.82. The average molecular weight is 175 g/mol. The molecule has 0 bridgehead atoms. The Labute approximate surface area is 72.8 Å². The zero-order chi connectivity index (χ0) is 9.26. The van der Waals surface area contributed by atoms with Gasteiger partial charge in [-0.05, 0) is 12.1 Å². The van der Waals surface area contributed by atoms with Crippen molar-refractivity contribution in [2.45, 2.75) is 0 Å². The maximum atomic E-state index is 11.2. The number of pyridine rings is 1. The lowest BCUT2D eigenvalue weighted by Crippen LogP contribution is -2.02. The number of hydrogen-bond donors (Lipinski definition) is 0. The van der Waals surface area contributed by atoms with Crippen molar-refractivity contribution in [2.24, 2.45) is 0 Å². The van der Waals surface area contributed by atoms with Crippen LogP contribution in [0.1, 0.15) is 10.6 Å². The van der Waals surface area contributed by atoms with E-state index in [2.05, 4.69) is 9.40 Å². The van der Waals surface area contributed by atoms with Crippen LogP contribution in [0.5, 0.6) is 0 Å². The zero-order valence-corrected chi connectivity index (χ0v) is 6.56. The van der Waals surface area contributed by atoms with Crippen LogP contribution in [0.15, 0.2) is 33.6 Å². The Morgan fingerprint density at radius 2 is 2.31 bits per heavy atom. The first kappa shape index (κ1) is 7.67. The van der Waals surface area contributed by atoms with Crippen molar-refractivity contribution in [3.05, 3.63) is 40.6 Å². The van der Waals surface area contributed by atoms with Gasteiger partial charge in [0.05, 0.1) is 10.9 Å². The Morgan fingerprint density at radius 3 is 3.08 bits per heavy atom. The van der Waals surface area contributed by atoms with Gasteiger partial charge in [0.15, 0.2) is 12.0 Å². The lowest BCUT2D eigenvalue weighted by Gasteiger charge is -1.94. The lowest BCUT2D eigenvalue weighted by molar-refractivity contribution is 0.109. The maximum Gasteiger partial charge on any atom is 0.345 e. The monoisotopic (exact) mass is 175 g/mol. The first-order valence-electron chi connectivity index (χ1n) is 3.65. The fraction of sp³-hybridized carbons (Fsp3) is 0. The molecule has 0 radical (unpaired) electrons. The molecule has 0 saturated heterocycles. The van der Waals surface area contributed by atoms with E-state index in [4.69, 9.17) is 0 Å². The molecule has 0 aliphatic rings. The van der Waals surface area contributed by atoms with Crippen molar-refractivity contribution < 1.29 is 9.21 Å². The fourth-order valence-electron chi connectivity index (χ4n) is 1.09. The van der Waals surface area contributed by atoms with Gasteiger partial charge in [0.25, 0.3) is 0 Å². The van der Waals surface area contributed by atoms with Gasteiger partial charge < -0.3 is 4.42 Å². The second-order valence-corrected chi connectivity index (χ2v) is 2.49. The van der Waals surface area contributed by atoms with E-state index in [1.54, 1.807) is 18.3 Å². The van der Waals surface area contributed by atoms with E-state index < -0.39 is 5.63 Å². The van der Waals surface area contributed by atoms with Gasteiger partial charge in [0.1, 0.15) is 0 Å². The van der Waals surface area contributed by atoms with Crippen LogP contribution in [-0.2, 0) is 0 Å². The molecule has 0 aliphatic heterocycles. The second-order valence-electron chi connectivity index (χ2n) is 2.49. The molecule has 0 aromatic carbocycles. The SMILES string of the molecule is O=Cc1cc2ncccc2c(=O)o1. The largest absolute Gasteiger partial charge is 0.419 e. The number of hydrogen-bond acceptors (Lipinski definition) is 4. The smallest absolute Gasteiger partial charge is 0.345 e. The van der Waals surface area contributed by atoms with E-state index >= 15 is 0 Å². The van der Waals surface area contributed by atoms with Crippen LogP contribution in [0.4, 0.5) is 0 Å². The van der Waals surface area contributed by atoms with Crippen LogP contribution in [0.25, 0.3) is 10.9 Å². The zero-order valence-electron chi connectivity index (χ0n) is 6.56. The molecular weight excluding hydrogens is 170 g/mol. The molecule has 0 amide bonds. The van der Waals surface area contributed by atoms with Gasteiger partial charge >= 0.3 is 5.63 Å². The number of nitrogens with zero attached hydrogens (tertiary/aromatic N) is 1. The van der Waals surface area contributed by atoms with Crippen molar-refractivity contribution >= 4 is 17.2 Å². The summed E-state index contributed by atoms with van der Waals surface area (Å²) in [6, 6.07) is 4.67. The molecule has 2 aromatic rings. The van der Waals surface area contributed by atoms with Crippen LogP contribution in [0.2, 0.25) is 0 Å². The molecule has 4 heteroatoms. The molecule has 2 aromatic heterocycles. The van der Waals surface area contributed by atoms with E-state index in [0.717, 1.165) is 0 Å². The van der Waals surface area contributed by atoms with Crippen LogP contribution < -0.4 is 5.63 Å². The summed E-state index contributed by atoms with van der Waals surface area (Å²) in [7, 11) is 0. The summed E-state index contributed by atoms with van der Waals surface area (Å²) in [6.07, 6.45) is 2.03. The summed E-state index contributed by atoms with van der Waals surface area (Å²) in [5, 5.41) is 0.383. The minimum atomic E-state index is -0.535. The number of fused-ring (bicyclic) bond motifs is 1. The molecule has 0 atom stereocenters. The Bertz CT molecular complexity index is 515. The minimum Gasteiger partial charge on any atom is -0.419 e. The Morgan fingerprint density at radius 1 is 1.46 bits per heavy atom. The van der Waals surface area contributed by atoms with E-state index in [1.165, 1.54) is 6.07 Å². The topological polar surface area (TPSA) is 60.2 Å². The van der Waals surface area contributed by atoms with Crippen molar-refractivity contribution in [3.63, 3.8) is 0 Å². The van der Waals surface area contributed by atoms with Gasteiger partial charge in [-0.2, -0.15) is 0 Å². The van der Waals surface area contributed by atoms with Crippen LogP contribution in [-0.4, -0.2) is 11.3 Å². The highest BCUT2D eigenvalue weighted by atomic mass is 16.4. The molecular formula is C9H5NO3. The Kier molecular flexibility index (Phi) is 1.66. The van der Waals surface area contributed by atoms with Gasteiger partial charge in [-0.3, -0.25) is 9.78 Å². The lowest BCUT2D eigenvalue weighted by atomic mass is 10.2. The van der Waals surface area contributed by atoms with Crippen LogP contribution in [0, 0.1) is 0 Å².